The van der Waals surface area contributed by atoms with Gasteiger partial charge >= 0.3 is 12.7 Å². The second-order valence-electron chi connectivity index (χ2n) is 7.58. The van der Waals surface area contributed by atoms with Crippen LogP contribution >= 0.6 is 0 Å². The molecule has 0 heterocycles. The van der Waals surface area contributed by atoms with E-state index in [1.165, 1.54) is 6.07 Å². The average Bonchev–Trinajstić information content (AvgIpc) is 2.70. The highest BCUT2D eigenvalue weighted by atomic mass is 19.3. The smallest absolute Gasteiger partial charge is 0.429 e. The van der Waals surface area contributed by atoms with Gasteiger partial charge in [-0.3, -0.25) is 0 Å². The quantitative estimate of drug-likeness (QED) is 0.406. The molecular weight excluding hydrogens is 429 g/mol. The molecule has 1 aliphatic carbocycles. The number of hydrogen-bond donors (Lipinski definition) is 0. The minimum Gasteiger partial charge on any atom is -0.429 e. The zero-order valence-electron chi connectivity index (χ0n) is 16.6. The lowest BCUT2D eigenvalue weighted by atomic mass is 9.78. The van der Waals surface area contributed by atoms with Gasteiger partial charge < -0.3 is 9.47 Å². The molecule has 0 aromatic heterocycles. The van der Waals surface area contributed by atoms with Gasteiger partial charge in [-0.2, -0.15) is 17.6 Å². The van der Waals surface area contributed by atoms with E-state index >= 15 is 0 Å². The van der Waals surface area contributed by atoms with Crippen LogP contribution in [-0.4, -0.2) is 6.61 Å². The molecule has 2 aromatic rings. The SMILES string of the molecule is CC[C@H]1CC[C@H](c2ccc(C(F)(F)Oc3cc(F)c(OC(F)F)c(F)c3)c(F)c2)CC1. The highest BCUT2D eigenvalue weighted by Crippen LogP contribution is 2.40. The van der Waals surface area contributed by atoms with Gasteiger partial charge in [0.1, 0.15) is 11.6 Å². The Hall–Kier alpha value is -2.45. The van der Waals surface area contributed by atoms with E-state index in [9.17, 15) is 30.7 Å². The summed E-state index contributed by atoms with van der Waals surface area (Å²) >= 11 is 0. The number of benzene rings is 2. The molecule has 0 aliphatic heterocycles. The Morgan fingerprint density at radius 1 is 0.935 bits per heavy atom. The van der Waals surface area contributed by atoms with E-state index in [1.54, 1.807) is 0 Å². The molecule has 9 heteroatoms. The van der Waals surface area contributed by atoms with E-state index < -0.39 is 47.2 Å². The summed E-state index contributed by atoms with van der Waals surface area (Å²) in [6.45, 7) is -1.40. The minimum atomic E-state index is -4.26. The van der Waals surface area contributed by atoms with E-state index in [0.29, 0.717) is 11.5 Å². The van der Waals surface area contributed by atoms with Crippen molar-refractivity contribution in [3.05, 3.63) is 58.9 Å². The molecule has 2 aromatic carbocycles. The first-order valence-corrected chi connectivity index (χ1v) is 9.91. The summed E-state index contributed by atoms with van der Waals surface area (Å²) in [6, 6.07) is 3.83. The van der Waals surface area contributed by atoms with Gasteiger partial charge in [-0.05, 0) is 55.2 Å². The molecule has 0 bridgehead atoms. The third-order valence-electron chi connectivity index (χ3n) is 5.63. The molecule has 1 saturated carbocycles. The topological polar surface area (TPSA) is 18.5 Å². The van der Waals surface area contributed by atoms with Gasteiger partial charge in [-0.1, -0.05) is 19.4 Å². The average molecular weight is 450 g/mol. The molecular formula is C22H21F7O2. The Morgan fingerprint density at radius 3 is 2.06 bits per heavy atom. The first kappa shape index (κ1) is 23.2. The molecule has 1 aliphatic rings. The number of ether oxygens (including phenoxy) is 2. The highest BCUT2D eigenvalue weighted by Gasteiger charge is 2.38. The maximum atomic E-state index is 14.5. The maximum Gasteiger partial charge on any atom is 0.429 e. The molecule has 0 saturated heterocycles. The summed E-state index contributed by atoms with van der Waals surface area (Å²) in [7, 11) is 0. The predicted octanol–water partition coefficient (Wildman–Crippen LogP) is 7.52. The Kier molecular flexibility index (Phi) is 7.01. The zero-order chi connectivity index (χ0) is 22.8. The molecule has 0 spiro atoms. The van der Waals surface area contributed by atoms with Crippen molar-refractivity contribution in [1.82, 2.24) is 0 Å². The van der Waals surface area contributed by atoms with Gasteiger partial charge in [0.05, 0.1) is 5.56 Å². The van der Waals surface area contributed by atoms with E-state index in [0.717, 1.165) is 44.2 Å². The van der Waals surface area contributed by atoms with Crippen LogP contribution < -0.4 is 9.47 Å². The molecule has 0 unspecified atom stereocenters. The molecule has 31 heavy (non-hydrogen) atoms. The fraction of sp³-hybridized carbons (Fsp3) is 0.455. The number of halogens is 7. The maximum absolute atomic E-state index is 14.5. The molecule has 0 radical (unpaired) electrons. The molecule has 1 fully saturated rings. The van der Waals surface area contributed by atoms with Crippen LogP contribution in [0, 0.1) is 23.4 Å². The van der Waals surface area contributed by atoms with Gasteiger partial charge in [-0.25, -0.2) is 13.2 Å². The van der Waals surface area contributed by atoms with Gasteiger partial charge in [0, 0.05) is 12.1 Å². The first-order valence-electron chi connectivity index (χ1n) is 9.91. The molecule has 0 N–H and O–H groups in total. The van der Waals surface area contributed by atoms with E-state index in [4.69, 9.17) is 0 Å². The lowest BCUT2D eigenvalue weighted by molar-refractivity contribution is -0.187. The van der Waals surface area contributed by atoms with Gasteiger partial charge in [0.2, 0.25) is 0 Å². The van der Waals surface area contributed by atoms with Crippen molar-refractivity contribution >= 4 is 0 Å². The van der Waals surface area contributed by atoms with E-state index in [2.05, 4.69) is 16.4 Å². The van der Waals surface area contributed by atoms with Crippen molar-refractivity contribution in [3.63, 3.8) is 0 Å². The zero-order valence-corrected chi connectivity index (χ0v) is 16.6. The van der Waals surface area contributed by atoms with Gasteiger partial charge in [0.25, 0.3) is 0 Å². The van der Waals surface area contributed by atoms with Crippen molar-refractivity contribution < 1.29 is 40.2 Å². The van der Waals surface area contributed by atoms with Crippen LogP contribution in [0.5, 0.6) is 11.5 Å². The van der Waals surface area contributed by atoms with Crippen molar-refractivity contribution in [3.8, 4) is 11.5 Å². The van der Waals surface area contributed by atoms with Crippen LogP contribution in [0.4, 0.5) is 30.7 Å². The molecule has 2 nitrogen and oxygen atoms in total. The van der Waals surface area contributed by atoms with Crippen LogP contribution in [-0.2, 0) is 6.11 Å². The van der Waals surface area contributed by atoms with Crippen molar-refractivity contribution in [2.24, 2.45) is 5.92 Å². The number of rotatable bonds is 7. The monoisotopic (exact) mass is 450 g/mol. The Morgan fingerprint density at radius 2 is 1.55 bits per heavy atom. The van der Waals surface area contributed by atoms with Crippen molar-refractivity contribution in [1.29, 1.82) is 0 Å². The van der Waals surface area contributed by atoms with Crippen LogP contribution in [0.15, 0.2) is 30.3 Å². The Balaban J connectivity index is 1.77. The van der Waals surface area contributed by atoms with Crippen LogP contribution in [0.3, 0.4) is 0 Å². The summed E-state index contributed by atoms with van der Waals surface area (Å²) in [4.78, 5) is 0. The predicted molar refractivity (Wildman–Crippen MR) is 98.9 cm³/mol. The molecule has 0 atom stereocenters. The molecule has 3 rings (SSSR count). The summed E-state index contributed by atoms with van der Waals surface area (Å²) in [6.07, 6.45) is 0.483. The fourth-order valence-electron chi connectivity index (χ4n) is 3.93. The third kappa shape index (κ3) is 5.43. The summed E-state index contributed by atoms with van der Waals surface area (Å²) in [5.74, 6) is -6.28. The fourth-order valence-corrected chi connectivity index (χ4v) is 3.93. The summed E-state index contributed by atoms with van der Waals surface area (Å²) in [5, 5.41) is 0. The first-order chi connectivity index (χ1) is 14.6. The molecule has 170 valence electrons. The van der Waals surface area contributed by atoms with E-state index in [-0.39, 0.29) is 18.1 Å². The summed E-state index contributed by atoms with van der Waals surface area (Å²) in [5.41, 5.74) is -0.496. The van der Waals surface area contributed by atoms with E-state index in [1.807, 2.05) is 0 Å². The number of hydrogen-bond acceptors (Lipinski definition) is 2. The lowest BCUT2D eigenvalue weighted by Crippen LogP contribution is -2.24. The lowest BCUT2D eigenvalue weighted by Gasteiger charge is -2.28. The van der Waals surface area contributed by atoms with Crippen molar-refractivity contribution in [2.45, 2.75) is 57.7 Å². The summed E-state index contributed by atoms with van der Waals surface area (Å²) < 4.78 is 103. The second kappa shape index (κ2) is 9.36. The van der Waals surface area contributed by atoms with Gasteiger partial charge in [0.15, 0.2) is 17.4 Å². The minimum absolute atomic E-state index is 0.0754. The van der Waals surface area contributed by atoms with Crippen LogP contribution in [0.25, 0.3) is 0 Å². The Bertz CT molecular complexity index is 886. The van der Waals surface area contributed by atoms with Crippen LogP contribution in [0.1, 0.15) is 56.1 Å². The largest absolute Gasteiger partial charge is 0.429 e. The standard InChI is InChI=1S/C22H21F7O2/c1-2-12-3-5-13(6-4-12)14-7-8-16(17(23)9-14)22(28,29)31-15-10-18(24)20(19(25)11-15)30-21(26)27/h7-13,21H,2-6H2,1H3/t12-,13-. The second-order valence-corrected chi connectivity index (χ2v) is 7.58. The van der Waals surface area contributed by atoms with Gasteiger partial charge in [-0.15, -0.1) is 0 Å². The number of alkyl halides is 4. The molecule has 0 amide bonds. The van der Waals surface area contributed by atoms with Crippen molar-refractivity contribution in [2.75, 3.05) is 0 Å². The normalized spacial score (nSPS) is 19.5. The third-order valence-corrected chi connectivity index (χ3v) is 5.63. The Labute approximate surface area is 175 Å². The highest BCUT2D eigenvalue weighted by molar-refractivity contribution is 5.36. The van der Waals surface area contributed by atoms with Crippen LogP contribution in [0.2, 0.25) is 0 Å².